The van der Waals surface area contributed by atoms with E-state index in [0.717, 1.165) is 11.1 Å². The third kappa shape index (κ3) is 2.87. The second-order valence-electron chi connectivity index (χ2n) is 8.44. The highest BCUT2D eigenvalue weighted by Crippen LogP contribution is 2.57. The van der Waals surface area contributed by atoms with Gasteiger partial charge in [0.25, 0.3) is 0 Å². The Kier molecular flexibility index (Phi) is 4.71. The molecule has 3 aliphatic rings. The average molecular weight is 440 g/mol. The van der Waals surface area contributed by atoms with Crippen molar-refractivity contribution >= 4 is 15.8 Å². The minimum atomic E-state index is -3.67. The third-order valence-electron chi connectivity index (χ3n) is 7.11. The number of piperidine rings is 1. The highest BCUT2D eigenvalue weighted by atomic mass is 32.2. The number of ether oxygens (including phenoxy) is 2. The van der Waals surface area contributed by atoms with Crippen LogP contribution in [0.25, 0.3) is 0 Å². The van der Waals surface area contributed by atoms with Gasteiger partial charge in [-0.1, -0.05) is 30.3 Å². The van der Waals surface area contributed by atoms with Crippen LogP contribution in [0.15, 0.2) is 59.5 Å². The number of hydrogen-bond acceptors (Lipinski definition) is 5. The van der Waals surface area contributed by atoms with E-state index in [0.29, 0.717) is 42.2 Å². The summed E-state index contributed by atoms with van der Waals surface area (Å²) in [5.41, 5.74) is 1.64. The minimum Gasteiger partial charge on any atom is -0.493 e. The molecule has 0 saturated carbocycles. The molecule has 1 unspecified atom stereocenters. The second-order valence-corrected chi connectivity index (χ2v) is 10.3. The van der Waals surface area contributed by atoms with Gasteiger partial charge in [0.2, 0.25) is 10.0 Å². The molecule has 7 heteroatoms. The minimum absolute atomic E-state index is 0.0369. The lowest BCUT2D eigenvalue weighted by molar-refractivity contribution is -0.118. The van der Waals surface area contributed by atoms with Crippen LogP contribution in [0.3, 0.4) is 0 Å². The first-order valence-corrected chi connectivity index (χ1v) is 11.9. The van der Waals surface area contributed by atoms with Gasteiger partial charge in [-0.15, -0.1) is 0 Å². The molecule has 0 radical (unpaired) electrons. The van der Waals surface area contributed by atoms with Crippen molar-refractivity contribution in [1.82, 2.24) is 4.31 Å². The van der Waals surface area contributed by atoms with Crippen LogP contribution in [0.1, 0.15) is 24.0 Å². The fourth-order valence-electron chi connectivity index (χ4n) is 5.78. The lowest BCUT2D eigenvalue weighted by Crippen LogP contribution is -2.61. The van der Waals surface area contributed by atoms with Crippen LogP contribution in [0, 0.1) is 5.92 Å². The number of carbonyl (C=O) groups excluding carboxylic acids is 1. The largest absolute Gasteiger partial charge is 0.493 e. The number of methoxy groups -OCH3 is 2. The zero-order chi connectivity index (χ0) is 21.8. The summed E-state index contributed by atoms with van der Waals surface area (Å²) < 4.78 is 40.1. The molecule has 0 spiro atoms. The summed E-state index contributed by atoms with van der Waals surface area (Å²) in [5, 5.41) is 0. The van der Waals surface area contributed by atoms with E-state index in [-0.39, 0.29) is 17.7 Å². The molecular formula is C24H25NO5S. The monoisotopic (exact) mass is 439 g/mol. The first-order valence-electron chi connectivity index (χ1n) is 10.5. The smallest absolute Gasteiger partial charge is 0.243 e. The van der Waals surface area contributed by atoms with E-state index in [9.17, 15) is 13.2 Å². The number of hydrogen-bond donors (Lipinski definition) is 0. The highest BCUT2D eigenvalue weighted by molar-refractivity contribution is 7.89. The van der Waals surface area contributed by atoms with Gasteiger partial charge in [0, 0.05) is 30.0 Å². The molecule has 0 amide bonds. The van der Waals surface area contributed by atoms with E-state index >= 15 is 0 Å². The number of sulfonamides is 1. The Bertz CT molecular complexity index is 1170. The fraction of sp³-hybridized carbons (Fsp3) is 0.375. The number of nitrogens with zero attached hydrogens (tertiary/aromatic N) is 1. The molecule has 2 aliphatic carbocycles. The molecule has 6 nitrogen and oxygen atoms in total. The van der Waals surface area contributed by atoms with Gasteiger partial charge in [0.15, 0.2) is 17.3 Å². The van der Waals surface area contributed by atoms with Crippen LogP contribution < -0.4 is 9.47 Å². The summed E-state index contributed by atoms with van der Waals surface area (Å²) in [5.74, 6) is 1.22. The molecule has 1 heterocycles. The maximum absolute atomic E-state index is 13.6. The molecule has 1 aliphatic heterocycles. The Balaban J connectivity index is 1.70. The van der Waals surface area contributed by atoms with Crippen LogP contribution in [-0.2, 0) is 26.7 Å². The first kappa shape index (κ1) is 20.3. The van der Waals surface area contributed by atoms with Gasteiger partial charge in [-0.05, 0) is 48.6 Å². The third-order valence-corrected chi connectivity index (χ3v) is 9.04. The number of rotatable bonds is 4. The standard InChI is InChI=1S/C24H25NO5S/c1-29-21-9-8-16-14-20-19-15-17(26)10-11-24(19,22(16)23(21)30-2)12-13-25(20)31(27,28)18-6-4-3-5-7-18/h3-11,19-20H,12-15H2,1-2H3/t19?,20-,24-/m1/s1. The Morgan fingerprint density at radius 2 is 1.81 bits per heavy atom. The van der Waals surface area contributed by atoms with E-state index < -0.39 is 15.4 Å². The molecule has 0 N–H and O–H groups in total. The molecule has 3 atom stereocenters. The van der Waals surface area contributed by atoms with Gasteiger partial charge < -0.3 is 9.47 Å². The number of carbonyl (C=O) groups is 1. The Hall–Kier alpha value is -2.64. The van der Waals surface area contributed by atoms with Crippen molar-refractivity contribution in [2.24, 2.45) is 5.92 Å². The molecule has 2 aromatic rings. The van der Waals surface area contributed by atoms with E-state index in [1.165, 1.54) is 0 Å². The Labute approximate surface area is 182 Å². The van der Waals surface area contributed by atoms with Gasteiger partial charge in [-0.3, -0.25) is 4.79 Å². The van der Waals surface area contributed by atoms with Crippen LogP contribution in [0.4, 0.5) is 0 Å². The highest BCUT2D eigenvalue weighted by Gasteiger charge is 2.57. The lowest BCUT2D eigenvalue weighted by atomic mass is 9.54. The molecule has 1 saturated heterocycles. The van der Waals surface area contributed by atoms with Crippen LogP contribution >= 0.6 is 0 Å². The topological polar surface area (TPSA) is 72.9 Å². The SMILES string of the molecule is COc1ccc2c(c1OC)[C@@]13C=CC(=O)CC1[C@@H](C2)N(S(=O)(=O)c1ccccc1)CC3. The summed E-state index contributed by atoms with van der Waals surface area (Å²) in [6, 6.07) is 12.1. The number of allylic oxidation sites excluding steroid dienone is 2. The predicted octanol–water partition coefficient (Wildman–Crippen LogP) is 3.11. The number of fused-ring (bicyclic) bond motifs is 1. The van der Waals surface area contributed by atoms with Crippen molar-refractivity contribution < 1.29 is 22.7 Å². The molecular weight excluding hydrogens is 414 g/mol. The molecule has 2 bridgehead atoms. The van der Waals surface area contributed by atoms with Crippen molar-refractivity contribution in [3.05, 3.63) is 65.7 Å². The van der Waals surface area contributed by atoms with Gasteiger partial charge >= 0.3 is 0 Å². The van der Waals surface area contributed by atoms with Crippen LogP contribution in [0.5, 0.6) is 11.5 Å². The van der Waals surface area contributed by atoms with Crippen molar-refractivity contribution in [2.75, 3.05) is 20.8 Å². The maximum Gasteiger partial charge on any atom is 0.243 e. The van der Waals surface area contributed by atoms with Crippen molar-refractivity contribution in [3.8, 4) is 11.5 Å². The number of benzene rings is 2. The van der Waals surface area contributed by atoms with Crippen LogP contribution in [-0.4, -0.2) is 45.3 Å². The molecule has 162 valence electrons. The zero-order valence-electron chi connectivity index (χ0n) is 17.6. The second kappa shape index (κ2) is 7.21. The Morgan fingerprint density at radius 3 is 2.52 bits per heavy atom. The average Bonchev–Trinajstić information content (AvgIpc) is 2.78. The molecule has 5 rings (SSSR count). The summed E-state index contributed by atoms with van der Waals surface area (Å²) >= 11 is 0. The summed E-state index contributed by atoms with van der Waals surface area (Å²) in [4.78, 5) is 12.7. The Morgan fingerprint density at radius 1 is 1.03 bits per heavy atom. The summed E-state index contributed by atoms with van der Waals surface area (Å²) in [7, 11) is -0.434. The molecule has 0 aromatic heterocycles. The maximum atomic E-state index is 13.6. The van der Waals surface area contributed by atoms with Gasteiger partial charge in [0.05, 0.1) is 19.1 Å². The normalized spacial score (nSPS) is 27.4. The molecule has 2 aromatic carbocycles. The van der Waals surface area contributed by atoms with Crippen LogP contribution in [0.2, 0.25) is 0 Å². The van der Waals surface area contributed by atoms with E-state index in [2.05, 4.69) is 0 Å². The van der Waals surface area contributed by atoms with Crippen molar-refractivity contribution in [3.63, 3.8) is 0 Å². The van der Waals surface area contributed by atoms with Gasteiger partial charge in [-0.25, -0.2) is 8.42 Å². The quantitative estimate of drug-likeness (QED) is 0.732. The van der Waals surface area contributed by atoms with E-state index in [1.807, 2.05) is 18.2 Å². The first-order chi connectivity index (χ1) is 14.9. The number of ketones is 1. The van der Waals surface area contributed by atoms with Crippen molar-refractivity contribution in [1.29, 1.82) is 0 Å². The fourth-order valence-corrected chi connectivity index (χ4v) is 7.46. The predicted molar refractivity (Wildman–Crippen MR) is 116 cm³/mol. The molecule has 1 fully saturated rings. The van der Waals surface area contributed by atoms with E-state index in [4.69, 9.17) is 9.47 Å². The van der Waals surface area contributed by atoms with Gasteiger partial charge in [0.1, 0.15) is 0 Å². The zero-order valence-corrected chi connectivity index (χ0v) is 18.4. The summed E-state index contributed by atoms with van der Waals surface area (Å²) in [6.07, 6.45) is 5.09. The van der Waals surface area contributed by atoms with Crippen molar-refractivity contribution in [2.45, 2.75) is 35.6 Å². The van der Waals surface area contributed by atoms with Gasteiger partial charge in [-0.2, -0.15) is 4.31 Å². The molecule has 31 heavy (non-hydrogen) atoms. The lowest BCUT2D eigenvalue weighted by Gasteiger charge is -2.56. The summed E-state index contributed by atoms with van der Waals surface area (Å²) in [6.45, 7) is 0.386. The van der Waals surface area contributed by atoms with E-state index in [1.54, 1.807) is 54.9 Å².